The summed E-state index contributed by atoms with van der Waals surface area (Å²) in [5.74, 6) is 0. The van der Waals surface area contributed by atoms with Crippen molar-refractivity contribution in [3.05, 3.63) is 54.1 Å². The first-order valence-electron chi connectivity index (χ1n) is 6.23. The molecule has 7 heteroatoms. The molecule has 21 heavy (non-hydrogen) atoms. The van der Waals surface area contributed by atoms with Gasteiger partial charge >= 0.3 is 6.18 Å². The SMILES string of the molecule is FC(F)(F)c1cccc(NCn2nnc3ccccc32)c1. The molecule has 3 aromatic rings. The van der Waals surface area contributed by atoms with Crippen LogP contribution < -0.4 is 5.32 Å². The number of benzene rings is 2. The maximum absolute atomic E-state index is 12.6. The Labute approximate surface area is 118 Å². The molecule has 0 aliphatic heterocycles. The minimum Gasteiger partial charge on any atom is -0.366 e. The van der Waals surface area contributed by atoms with Gasteiger partial charge in [0.1, 0.15) is 12.2 Å². The molecule has 0 amide bonds. The quantitative estimate of drug-likeness (QED) is 0.803. The maximum atomic E-state index is 12.6. The Balaban J connectivity index is 1.79. The Bertz CT molecular complexity index is 764. The molecule has 0 spiro atoms. The number of rotatable bonds is 3. The predicted octanol–water partition coefficient (Wildman–Crippen LogP) is 3.52. The third kappa shape index (κ3) is 2.81. The Morgan fingerprint density at radius 1 is 1.05 bits per heavy atom. The first-order chi connectivity index (χ1) is 10.0. The fraction of sp³-hybridized carbons (Fsp3) is 0.143. The topological polar surface area (TPSA) is 42.7 Å². The van der Waals surface area contributed by atoms with E-state index < -0.39 is 11.7 Å². The number of alkyl halides is 3. The van der Waals surface area contributed by atoms with Crippen molar-refractivity contribution in [1.82, 2.24) is 15.0 Å². The summed E-state index contributed by atoms with van der Waals surface area (Å²) in [4.78, 5) is 0. The molecule has 1 N–H and O–H groups in total. The van der Waals surface area contributed by atoms with Gasteiger partial charge in [-0.25, -0.2) is 4.68 Å². The number of halogens is 3. The Hall–Kier alpha value is -2.57. The number of para-hydroxylation sites is 1. The van der Waals surface area contributed by atoms with E-state index in [0.29, 0.717) is 5.69 Å². The summed E-state index contributed by atoms with van der Waals surface area (Å²) < 4.78 is 39.5. The Morgan fingerprint density at radius 2 is 1.86 bits per heavy atom. The number of nitrogens with one attached hydrogen (secondary N) is 1. The predicted molar refractivity (Wildman–Crippen MR) is 72.6 cm³/mol. The van der Waals surface area contributed by atoms with E-state index in [2.05, 4.69) is 15.6 Å². The van der Waals surface area contributed by atoms with Crippen LogP contribution in [0.5, 0.6) is 0 Å². The Kier molecular flexibility index (Phi) is 3.25. The average molecular weight is 292 g/mol. The summed E-state index contributed by atoms with van der Waals surface area (Å²) in [5, 5.41) is 10.9. The van der Waals surface area contributed by atoms with Gasteiger partial charge in [0.2, 0.25) is 0 Å². The third-order valence-electron chi connectivity index (χ3n) is 3.04. The van der Waals surface area contributed by atoms with Crippen molar-refractivity contribution in [3.8, 4) is 0 Å². The molecule has 0 bridgehead atoms. The van der Waals surface area contributed by atoms with Crippen molar-refractivity contribution < 1.29 is 13.2 Å². The highest BCUT2D eigenvalue weighted by molar-refractivity contribution is 5.73. The van der Waals surface area contributed by atoms with Gasteiger partial charge in [-0.2, -0.15) is 13.2 Å². The number of aromatic nitrogens is 3. The van der Waals surface area contributed by atoms with Crippen molar-refractivity contribution in [2.45, 2.75) is 12.8 Å². The van der Waals surface area contributed by atoms with Gasteiger partial charge in [-0.05, 0) is 30.3 Å². The van der Waals surface area contributed by atoms with Gasteiger partial charge < -0.3 is 5.32 Å². The molecular formula is C14H11F3N4. The van der Waals surface area contributed by atoms with E-state index in [1.54, 1.807) is 10.7 Å². The van der Waals surface area contributed by atoms with Crippen LogP contribution in [0.15, 0.2) is 48.5 Å². The van der Waals surface area contributed by atoms with Gasteiger partial charge in [-0.15, -0.1) is 5.10 Å². The van der Waals surface area contributed by atoms with Gasteiger partial charge in [0.25, 0.3) is 0 Å². The van der Waals surface area contributed by atoms with Crippen LogP contribution in [0.4, 0.5) is 18.9 Å². The molecule has 0 unspecified atom stereocenters. The summed E-state index contributed by atoms with van der Waals surface area (Å²) in [6.07, 6.45) is -4.35. The first kappa shape index (κ1) is 13.4. The highest BCUT2D eigenvalue weighted by Crippen LogP contribution is 2.30. The molecule has 0 radical (unpaired) electrons. The first-order valence-corrected chi connectivity index (χ1v) is 6.23. The van der Waals surface area contributed by atoms with E-state index in [4.69, 9.17) is 0 Å². The van der Waals surface area contributed by atoms with Crippen LogP contribution in [0.2, 0.25) is 0 Å². The van der Waals surface area contributed by atoms with Crippen molar-refractivity contribution in [1.29, 1.82) is 0 Å². The summed E-state index contributed by atoms with van der Waals surface area (Å²) >= 11 is 0. The lowest BCUT2D eigenvalue weighted by atomic mass is 10.2. The summed E-state index contributed by atoms with van der Waals surface area (Å²) in [5.41, 5.74) is 1.25. The van der Waals surface area contributed by atoms with Crippen LogP contribution in [0, 0.1) is 0 Å². The largest absolute Gasteiger partial charge is 0.416 e. The summed E-state index contributed by atoms with van der Waals surface area (Å²) in [6, 6.07) is 12.4. The number of anilines is 1. The lowest BCUT2D eigenvalue weighted by molar-refractivity contribution is -0.137. The average Bonchev–Trinajstić information content (AvgIpc) is 2.88. The lowest BCUT2D eigenvalue weighted by Gasteiger charge is -2.10. The molecule has 108 valence electrons. The molecule has 0 aliphatic rings. The zero-order valence-corrected chi connectivity index (χ0v) is 10.8. The molecule has 0 fully saturated rings. The van der Waals surface area contributed by atoms with E-state index in [1.165, 1.54) is 6.07 Å². The number of hydrogen-bond donors (Lipinski definition) is 1. The van der Waals surface area contributed by atoms with Crippen molar-refractivity contribution >= 4 is 16.7 Å². The fourth-order valence-electron chi connectivity index (χ4n) is 2.01. The van der Waals surface area contributed by atoms with Gasteiger partial charge in [0, 0.05) is 5.69 Å². The van der Waals surface area contributed by atoms with Crippen LogP contribution in [-0.2, 0) is 12.8 Å². The van der Waals surface area contributed by atoms with Gasteiger partial charge in [0.05, 0.1) is 11.1 Å². The van der Waals surface area contributed by atoms with Gasteiger partial charge in [-0.1, -0.05) is 23.4 Å². The summed E-state index contributed by atoms with van der Waals surface area (Å²) in [6.45, 7) is 0.238. The van der Waals surface area contributed by atoms with Crippen molar-refractivity contribution in [2.75, 3.05) is 5.32 Å². The molecular weight excluding hydrogens is 281 g/mol. The summed E-state index contributed by atoms with van der Waals surface area (Å²) in [7, 11) is 0. The highest BCUT2D eigenvalue weighted by Gasteiger charge is 2.30. The normalized spacial score (nSPS) is 11.8. The van der Waals surface area contributed by atoms with E-state index in [9.17, 15) is 13.2 Å². The smallest absolute Gasteiger partial charge is 0.366 e. The molecule has 0 saturated carbocycles. The van der Waals surface area contributed by atoms with Crippen molar-refractivity contribution in [2.24, 2.45) is 0 Å². The van der Waals surface area contributed by atoms with Crippen LogP contribution in [0.1, 0.15) is 5.56 Å². The molecule has 2 aromatic carbocycles. The number of nitrogens with zero attached hydrogens (tertiary/aromatic N) is 3. The van der Waals surface area contributed by atoms with E-state index in [1.807, 2.05) is 24.3 Å². The van der Waals surface area contributed by atoms with Gasteiger partial charge in [0.15, 0.2) is 0 Å². The Morgan fingerprint density at radius 3 is 2.67 bits per heavy atom. The number of fused-ring (bicyclic) bond motifs is 1. The van der Waals surface area contributed by atoms with Crippen LogP contribution >= 0.6 is 0 Å². The lowest BCUT2D eigenvalue weighted by Crippen LogP contribution is -2.11. The standard InChI is InChI=1S/C14H11F3N4/c15-14(16,17)10-4-3-5-11(8-10)18-9-21-13-7-2-1-6-12(13)19-20-21/h1-8,18H,9H2. The molecule has 0 aliphatic carbocycles. The third-order valence-corrected chi connectivity index (χ3v) is 3.04. The van der Waals surface area contributed by atoms with Crippen LogP contribution in [0.25, 0.3) is 11.0 Å². The second kappa shape index (κ2) is 5.08. The molecule has 0 saturated heterocycles. The van der Waals surface area contributed by atoms with E-state index in [-0.39, 0.29) is 6.67 Å². The van der Waals surface area contributed by atoms with E-state index in [0.717, 1.165) is 23.2 Å². The molecule has 1 heterocycles. The second-order valence-corrected chi connectivity index (χ2v) is 4.49. The monoisotopic (exact) mass is 292 g/mol. The molecule has 4 nitrogen and oxygen atoms in total. The van der Waals surface area contributed by atoms with E-state index >= 15 is 0 Å². The van der Waals surface area contributed by atoms with Crippen LogP contribution in [-0.4, -0.2) is 15.0 Å². The molecule has 1 aromatic heterocycles. The minimum atomic E-state index is -4.35. The zero-order valence-electron chi connectivity index (χ0n) is 10.8. The van der Waals surface area contributed by atoms with Crippen LogP contribution in [0.3, 0.4) is 0 Å². The molecule has 3 rings (SSSR count). The maximum Gasteiger partial charge on any atom is 0.416 e. The highest BCUT2D eigenvalue weighted by atomic mass is 19.4. The zero-order chi connectivity index (χ0) is 14.9. The molecule has 0 atom stereocenters. The van der Waals surface area contributed by atoms with Gasteiger partial charge in [-0.3, -0.25) is 0 Å². The minimum absolute atomic E-state index is 0.238. The fourth-order valence-corrected chi connectivity index (χ4v) is 2.01. The van der Waals surface area contributed by atoms with Crippen molar-refractivity contribution in [3.63, 3.8) is 0 Å². The number of hydrogen-bond acceptors (Lipinski definition) is 3. The second-order valence-electron chi connectivity index (χ2n) is 4.49.